The van der Waals surface area contributed by atoms with Gasteiger partial charge in [0.25, 0.3) is 5.91 Å². The lowest BCUT2D eigenvalue weighted by Crippen LogP contribution is -2.24. The van der Waals surface area contributed by atoms with Crippen molar-refractivity contribution in [2.45, 2.75) is 6.61 Å². The van der Waals surface area contributed by atoms with E-state index in [2.05, 4.69) is 42.4 Å². The van der Waals surface area contributed by atoms with Crippen LogP contribution < -0.4 is 14.9 Å². The van der Waals surface area contributed by atoms with E-state index in [1.807, 2.05) is 72.8 Å². The van der Waals surface area contributed by atoms with E-state index in [1.165, 1.54) is 0 Å². The number of amides is 1. The Morgan fingerprint density at radius 3 is 2.48 bits per heavy atom. The zero-order valence-electron chi connectivity index (χ0n) is 17.5. The predicted octanol–water partition coefficient (Wildman–Crippen LogP) is 6.47. The zero-order valence-corrected chi connectivity index (χ0v) is 20.7. The number of halogens is 2. The third kappa shape index (κ3) is 6.43. The molecule has 0 unspecified atom stereocenters. The summed E-state index contributed by atoms with van der Waals surface area (Å²) in [7, 11) is 0. The van der Waals surface area contributed by atoms with Crippen molar-refractivity contribution in [3.8, 4) is 11.5 Å². The number of fused-ring (bicyclic) bond motifs is 1. The molecule has 0 aliphatic rings. The largest absolute Gasteiger partial charge is 0.488 e. The molecule has 0 bridgehead atoms. The molecule has 4 aromatic carbocycles. The summed E-state index contributed by atoms with van der Waals surface area (Å²) < 4.78 is 13.5. The van der Waals surface area contributed by atoms with E-state index in [9.17, 15) is 4.79 Å². The Hall–Kier alpha value is -3.16. The van der Waals surface area contributed by atoms with Crippen molar-refractivity contribution in [1.82, 2.24) is 5.43 Å². The minimum absolute atomic E-state index is 0.143. The average molecular weight is 568 g/mol. The first-order valence-electron chi connectivity index (χ1n) is 10.2. The number of ether oxygens (including phenoxy) is 2. The average Bonchev–Trinajstić information content (AvgIpc) is 2.82. The maximum absolute atomic E-state index is 12.2. The van der Waals surface area contributed by atoms with Gasteiger partial charge in [-0.1, -0.05) is 80.4 Å². The number of carbonyl (C=O) groups is 1. The van der Waals surface area contributed by atoms with Gasteiger partial charge in [0.1, 0.15) is 18.1 Å². The molecule has 33 heavy (non-hydrogen) atoms. The second kappa shape index (κ2) is 11.1. The molecule has 4 rings (SSSR count). The summed E-state index contributed by atoms with van der Waals surface area (Å²) in [5, 5.41) is 6.18. The van der Waals surface area contributed by atoms with Gasteiger partial charge < -0.3 is 9.47 Å². The summed E-state index contributed by atoms with van der Waals surface area (Å²) in [6.07, 6.45) is 1.61. The van der Waals surface area contributed by atoms with Crippen molar-refractivity contribution in [1.29, 1.82) is 0 Å². The van der Waals surface area contributed by atoms with E-state index < -0.39 is 0 Å². The normalized spacial score (nSPS) is 11.0. The summed E-state index contributed by atoms with van der Waals surface area (Å²) in [5.41, 5.74) is 4.35. The predicted molar refractivity (Wildman–Crippen MR) is 138 cm³/mol. The smallest absolute Gasteiger partial charge is 0.277 e. The van der Waals surface area contributed by atoms with Crippen molar-refractivity contribution in [3.05, 3.63) is 105 Å². The first-order valence-corrected chi connectivity index (χ1v) is 11.8. The fourth-order valence-corrected chi connectivity index (χ4v) is 4.05. The molecule has 166 valence electrons. The van der Waals surface area contributed by atoms with Gasteiger partial charge in [-0.15, -0.1) is 0 Å². The highest BCUT2D eigenvalue weighted by Gasteiger charge is 2.09. The maximum Gasteiger partial charge on any atom is 0.277 e. The Morgan fingerprint density at radius 2 is 1.67 bits per heavy atom. The lowest BCUT2D eigenvalue weighted by atomic mass is 10.0. The van der Waals surface area contributed by atoms with Crippen LogP contribution in [0.1, 0.15) is 11.1 Å². The molecule has 0 aromatic heterocycles. The number of hydrogen-bond donors (Lipinski definition) is 1. The van der Waals surface area contributed by atoms with Crippen LogP contribution in [-0.2, 0) is 11.4 Å². The van der Waals surface area contributed by atoms with Crippen molar-refractivity contribution >= 4 is 54.8 Å². The molecule has 5 nitrogen and oxygen atoms in total. The molecule has 1 amide bonds. The van der Waals surface area contributed by atoms with Crippen LogP contribution in [0, 0.1) is 0 Å². The zero-order chi connectivity index (χ0) is 23.0. The third-order valence-electron chi connectivity index (χ3n) is 4.76. The molecule has 7 heteroatoms. The van der Waals surface area contributed by atoms with Gasteiger partial charge in [0.05, 0.1) is 6.21 Å². The van der Waals surface area contributed by atoms with E-state index >= 15 is 0 Å². The number of hydrogen-bond acceptors (Lipinski definition) is 4. The molecule has 0 atom stereocenters. The summed E-state index contributed by atoms with van der Waals surface area (Å²) in [5.74, 6) is 0.918. The van der Waals surface area contributed by atoms with Gasteiger partial charge in [0.2, 0.25) is 0 Å². The van der Waals surface area contributed by atoms with Crippen molar-refractivity contribution in [3.63, 3.8) is 0 Å². The van der Waals surface area contributed by atoms with Gasteiger partial charge in [-0.05, 0) is 52.7 Å². The number of carbonyl (C=O) groups excluding carboxylic acids is 1. The van der Waals surface area contributed by atoms with Crippen LogP contribution in [0.15, 0.2) is 99.0 Å². The summed E-state index contributed by atoms with van der Waals surface area (Å²) in [6.45, 7) is 0.265. The summed E-state index contributed by atoms with van der Waals surface area (Å²) >= 11 is 6.86. The molecule has 0 aliphatic heterocycles. The van der Waals surface area contributed by atoms with E-state index in [0.717, 1.165) is 30.8 Å². The van der Waals surface area contributed by atoms with Crippen molar-refractivity contribution in [2.75, 3.05) is 6.61 Å². The molecule has 1 N–H and O–H groups in total. The van der Waals surface area contributed by atoms with Crippen LogP contribution in [0.2, 0.25) is 0 Å². The quantitative estimate of drug-likeness (QED) is 0.196. The third-order valence-corrected chi connectivity index (χ3v) is 5.75. The Kier molecular flexibility index (Phi) is 7.75. The number of hydrazone groups is 1. The van der Waals surface area contributed by atoms with Gasteiger partial charge in [-0.2, -0.15) is 5.10 Å². The molecule has 0 saturated heterocycles. The topological polar surface area (TPSA) is 59.9 Å². The maximum atomic E-state index is 12.2. The first-order chi connectivity index (χ1) is 16.1. The van der Waals surface area contributed by atoms with Crippen LogP contribution in [0.3, 0.4) is 0 Å². The monoisotopic (exact) mass is 566 g/mol. The molecule has 0 saturated carbocycles. The van der Waals surface area contributed by atoms with Crippen molar-refractivity contribution < 1.29 is 14.3 Å². The minimum Gasteiger partial charge on any atom is -0.488 e. The molecule has 0 radical (unpaired) electrons. The molecule has 0 fully saturated rings. The van der Waals surface area contributed by atoms with E-state index in [4.69, 9.17) is 9.47 Å². The van der Waals surface area contributed by atoms with Crippen LogP contribution in [-0.4, -0.2) is 18.7 Å². The van der Waals surface area contributed by atoms with Crippen LogP contribution >= 0.6 is 31.9 Å². The highest BCUT2D eigenvalue weighted by atomic mass is 79.9. The second-order valence-corrected chi connectivity index (χ2v) is 8.99. The molecule has 0 heterocycles. The summed E-state index contributed by atoms with van der Waals surface area (Å²) in [6, 6.07) is 27.2. The van der Waals surface area contributed by atoms with E-state index in [1.54, 1.807) is 18.3 Å². The van der Waals surface area contributed by atoms with Crippen LogP contribution in [0.5, 0.6) is 11.5 Å². The van der Waals surface area contributed by atoms with E-state index in [-0.39, 0.29) is 12.5 Å². The molecular weight excluding hydrogens is 548 g/mol. The van der Waals surface area contributed by atoms with Gasteiger partial charge in [0.15, 0.2) is 6.61 Å². The Morgan fingerprint density at radius 1 is 0.879 bits per heavy atom. The molecular formula is C26H20Br2N2O3. The van der Waals surface area contributed by atoms with Gasteiger partial charge in [-0.3, -0.25) is 4.79 Å². The number of rotatable bonds is 8. The lowest BCUT2D eigenvalue weighted by molar-refractivity contribution is -0.123. The molecule has 4 aromatic rings. The Bertz CT molecular complexity index is 1310. The fourth-order valence-electron chi connectivity index (χ4n) is 3.23. The van der Waals surface area contributed by atoms with Crippen LogP contribution in [0.4, 0.5) is 0 Å². The van der Waals surface area contributed by atoms with Gasteiger partial charge in [0, 0.05) is 14.5 Å². The minimum atomic E-state index is -0.358. The lowest BCUT2D eigenvalue weighted by Gasteiger charge is -2.12. The standard InChI is InChI=1S/C26H20Br2N2O3/c27-20-7-3-5-18(13-20)16-33-25-12-11-19-6-1-2-10-23(19)24(25)15-29-30-26(31)17-32-22-9-4-8-21(28)14-22/h1-15H,16-17H2,(H,30,31). The van der Waals surface area contributed by atoms with Crippen LogP contribution in [0.25, 0.3) is 10.8 Å². The Labute approximate surface area is 208 Å². The molecule has 0 spiro atoms. The van der Waals surface area contributed by atoms with Gasteiger partial charge >= 0.3 is 0 Å². The highest BCUT2D eigenvalue weighted by molar-refractivity contribution is 9.10. The Balaban J connectivity index is 1.47. The fraction of sp³-hybridized carbons (Fsp3) is 0.0769. The number of nitrogens with one attached hydrogen (secondary N) is 1. The van der Waals surface area contributed by atoms with Crippen molar-refractivity contribution in [2.24, 2.45) is 5.10 Å². The first kappa shape index (κ1) is 23.0. The second-order valence-electron chi connectivity index (χ2n) is 7.16. The molecule has 0 aliphatic carbocycles. The van der Waals surface area contributed by atoms with E-state index in [0.29, 0.717) is 18.1 Å². The summed E-state index contributed by atoms with van der Waals surface area (Å²) in [4.78, 5) is 12.2. The number of nitrogens with zero attached hydrogens (tertiary/aromatic N) is 1. The SMILES string of the molecule is O=C(COc1cccc(Br)c1)NN=Cc1c(OCc2cccc(Br)c2)ccc2ccccc12. The van der Waals surface area contributed by atoms with Gasteiger partial charge in [-0.25, -0.2) is 5.43 Å². The number of benzene rings is 4. The highest BCUT2D eigenvalue weighted by Crippen LogP contribution is 2.27.